The minimum absolute atomic E-state index is 0.143. The first-order valence-corrected chi connectivity index (χ1v) is 22.7. The Labute approximate surface area is 371 Å². The fraction of sp³-hybridized carbons (Fsp3) is 0.378. The number of nitrogens with one attached hydrogen (secondary N) is 3. The normalized spacial score (nSPS) is 14.8. The van der Waals surface area contributed by atoms with Gasteiger partial charge in [-0.1, -0.05) is 48.0 Å². The Morgan fingerprint density at radius 2 is 1.18 bits per heavy atom. The second kappa shape index (κ2) is 21.7. The number of anilines is 4. The van der Waals surface area contributed by atoms with Crippen molar-refractivity contribution in [1.82, 2.24) is 30.4 Å². The maximum atomic E-state index is 12.6. The van der Waals surface area contributed by atoms with Crippen LogP contribution in [0.1, 0.15) is 54.8 Å². The second-order valence-corrected chi connectivity index (χ2v) is 17.6. The first-order chi connectivity index (χ1) is 29.6. The van der Waals surface area contributed by atoms with Crippen LogP contribution in [0, 0.1) is 0 Å². The number of nitrogens with two attached hydrogens (primary N) is 3. The first kappa shape index (κ1) is 45.5. The molecule has 2 aromatic carbocycles. The van der Waals surface area contributed by atoms with E-state index < -0.39 is 0 Å². The molecule has 4 aromatic heterocycles. The van der Waals surface area contributed by atoms with Gasteiger partial charge in [0.25, 0.3) is 11.8 Å². The molecule has 0 bridgehead atoms. The molecule has 0 atom stereocenters. The zero-order valence-corrected chi connectivity index (χ0v) is 37.9. The maximum absolute atomic E-state index is 12.6. The summed E-state index contributed by atoms with van der Waals surface area (Å²) in [6.45, 7) is 7.78. The minimum atomic E-state index is -0.162. The fourth-order valence-electron chi connectivity index (χ4n) is 7.49. The Morgan fingerprint density at radius 3 is 1.72 bits per heavy atom. The number of nitrogen functional groups attached to an aromatic ring is 2. The van der Waals surface area contributed by atoms with Crippen molar-refractivity contribution in [2.45, 2.75) is 31.6 Å². The van der Waals surface area contributed by atoms with Gasteiger partial charge in [0.05, 0.1) is 11.4 Å². The van der Waals surface area contributed by atoms with Crippen LogP contribution in [0.2, 0.25) is 5.15 Å². The van der Waals surface area contributed by atoms with E-state index in [4.69, 9.17) is 23.1 Å². The summed E-state index contributed by atoms with van der Waals surface area (Å²) in [6, 6.07) is 24.8. The Balaban J connectivity index is 0.000000196. The molecule has 8 rings (SSSR count). The molecule has 324 valence electrons. The number of aromatic nitrogens is 2. The highest BCUT2D eigenvalue weighted by atomic mass is 35.5. The van der Waals surface area contributed by atoms with E-state index in [9.17, 15) is 9.59 Å². The van der Waals surface area contributed by atoms with E-state index in [0.29, 0.717) is 50.1 Å². The summed E-state index contributed by atoms with van der Waals surface area (Å²) >= 11 is 8.53. The highest BCUT2D eigenvalue weighted by Gasteiger charge is 2.20. The number of thiophene rings is 2. The lowest BCUT2D eigenvalue weighted by molar-refractivity contribution is 0.0950. The lowest BCUT2D eigenvalue weighted by Gasteiger charge is -2.34. The zero-order valence-electron chi connectivity index (χ0n) is 35.5. The van der Waals surface area contributed by atoms with Gasteiger partial charge in [-0.25, -0.2) is 9.97 Å². The largest absolute Gasteiger partial charge is 0.397 e. The molecular formula is C45H58ClN11O2S2. The highest BCUT2D eigenvalue weighted by molar-refractivity contribution is 7.21. The molecular weight excluding hydrogens is 826 g/mol. The van der Waals surface area contributed by atoms with Crippen molar-refractivity contribution in [3.8, 4) is 0 Å². The van der Waals surface area contributed by atoms with E-state index in [-0.39, 0.29) is 11.8 Å². The lowest BCUT2D eigenvalue weighted by Crippen LogP contribution is -2.44. The van der Waals surface area contributed by atoms with Crippen molar-refractivity contribution < 1.29 is 9.59 Å². The summed E-state index contributed by atoms with van der Waals surface area (Å²) in [6.07, 6.45) is 4.02. The molecule has 16 heteroatoms. The molecule has 2 aliphatic rings. The van der Waals surface area contributed by atoms with Crippen LogP contribution in [-0.2, 0) is 12.8 Å². The molecule has 2 aliphatic heterocycles. The van der Waals surface area contributed by atoms with Gasteiger partial charge in [0.1, 0.15) is 30.4 Å². The number of halogens is 1. The van der Waals surface area contributed by atoms with Gasteiger partial charge < -0.3 is 47.9 Å². The standard InChI is InChI=1S/C22H25ClN4OS.C22H28N6OS.CH5N/c1-27-12-9-16(10-13-27)15-4-2-14(3-5-15)8-11-25-21(28)20-19(24)17-6-7-18(23)26-22(17)29-20;1-24-18-8-7-17-19(23)20(30-22(17)26-18)21(29)25-10-9-15-3-5-16(6-4-15)28-13-11-27(2)12-14-28;1-2/h2-7,16H,8-13,24H2,1H3,(H,25,28);3-8H,9-14,23H2,1-2H3,(H,24,26)(H,25,29);2H2,1H3. The number of carbonyl (C=O) groups excluding carboxylic acids is 2. The number of pyridine rings is 2. The smallest absolute Gasteiger partial charge is 0.263 e. The van der Waals surface area contributed by atoms with Crippen LogP contribution in [-0.4, -0.2) is 112 Å². The number of piperazine rings is 1. The van der Waals surface area contributed by atoms with Gasteiger partial charge in [0, 0.05) is 62.8 Å². The van der Waals surface area contributed by atoms with Crippen molar-refractivity contribution in [3.05, 3.63) is 104 Å². The summed E-state index contributed by atoms with van der Waals surface area (Å²) in [5, 5.41) is 11.0. The van der Waals surface area contributed by atoms with Gasteiger partial charge in [-0.05, 0) is 119 Å². The molecule has 13 nitrogen and oxygen atoms in total. The molecule has 0 aliphatic carbocycles. The third-order valence-corrected chi connectivity index (χ3v) is 13.6. The summed E-state index contributed by atoms with van der Waals surface area (Å²) in [5.74, 6) is 1.12. The number of benzene rings is 2. The molecule has 2 amide bonds. The molecule has 0 radical (unpaired) electrons. The number of likely N-dealkylation sites (tertiary alicyclic amines) is 1. The summed E-state index contributed by atoms with van der Waals surface area (Å²) in [4.78, 5) is 43.5. The van der Waals surface area contributed by atoms with E-state index >= 15 is 0 Å². The molecule has 0 saturated carbocycles. The van der Waals surface area contributed by atoms with Crippen molar-refractivity contribution in [2.75, 3.05) is 102 Å². The fourth-order valence-corrected chi connectivity index (χ4v) is 9.70. The molecule has 2 saturated heterocycles. The number of carbonyl (C=O) groups is 2. The number of amides is 2. The lowest BCUT2D eigenvalue weighted by atomic mass is 9.89. The summed E-state index contributed by atoms with van der Waals surface area (Å²) in [5.41, 5.74) is 22.9. The van der Waals surface area contributed by atoms with E-state index in [2.05, 4.69) is 109 Å². The third kappa shape index (κ3) is 11.7. The summed E-state index contributed by atoms with van der Waals surface area (Å²) < 4.78 is 0. The monoisotopic (exact) mass is 883 g/mol. The molecule has 61 heavy (non-hydrogen) atoms. The minimum Gasteiger partial charge on any atom is -0.397 e. The Bertz CT molecular complexity index is 2370. The maximum Gasteiger partial charge on any atom is 0.263 e. The highest BCUT2D eigenvalue weighted by Crippen LogP contribution is 2.34. The Morgan fingerprint density at radius 1 is 0.689 bits per heavy atom. The SMILES string of the molecule is CN.CN1CCC(c2ccc(CCNC(=O)c3sc4nc(Cl)ccc4c3N)cc2)CC1.CNc1ccc2c(N)c(C(=O)NCCc3ccc(N4CCN(C)CC4)cc3)sc2n1. The van der Waals surface area contributed by atoms with Crippen LogP contribution >= 0.6 is 34.3 Å². The van der Waals surface area contributed by atoms with Gasteiger partial charge in [0.2, 0.25) is 0 Å². The zero-order chi connectivity index (χ0) is 43.5. The van der Waals surface area contributed by atoms with Gasteiger partial charge in [-0.2, -0.15) is 0 Å². The quantitative estimate of drug-likeness (QED) is 0.0778. The number of fused-ring (bicyclic) bond motifs is 2. The van der Waals surface area contributed by atoms with Crippen LogP contribution in [0.5, 0.6) is 0 Å². The second-order valence-electron chi connectivity index (χ2n) is 15.3. The van der Waals surface area contributed by atoms with E-state index in [1.807, 2.05) is 19.2 Å². The van der Waals surface area contributed by atoms with Gasteiger partial charge in [-0.15, -0.1) is 22.7 Å². The van der Waals surface area contributed by atoms with Gasteiger partial charge >= 0.3 is 0 Å². The predicted molar refractivity (Wildman–Crippen MR) is 257 cm³/mol. The van der Waals surface area contributed by atoms with Crippen molar-refractivity contribution in [2.24, 2.45) is 5.73 Å². The molecule has 6 heterocycles. The Hall–Kier alpha value is -5.03. The number of piperidine rings is 1. The molecule has 0 unspecified atom stereocenters. The molecule has 9 N–H and O–H groups in total. The van der Waals surface area contributed by atoms with E-state index in [0.717, 1.165) is 60.4 Å². The average Bonchev–Trinajstić information content (AvgIpc) is 3.80. The van der Waals surface area contributed by atoms with Crippen molar-refractivity contribution in [1.29, 1.82) is 0 Å². The molecule has 2 fully saturated rings. The number of rotatable bonds is 11. The van der Waals surface area contributed by atoms with Crippen LogP contribution in [0.25, 0.3) is 20.4 Å². The predicted octanol–water partition coefficient (Wildman–Crippen LogP) is 6.53. The summed E-state index contributed by atoms with van der Waals surface area (Å²) in [7, 11) is 7.67. The van der Waals surface area contributed by atoms with Crippen molar-refractivity contribution >= 4 is 89.4 Å². The average molecular weight is 885 g/mol. The topological polar surface area (TPSA) is 184 Å². The van der Waals surface area contributed by atoms with Crippen LogP contribution < -0.4 is 38.1 Å². The number of nitrogens with zero attached hydrogens (tertiary/aromatic N) is 5. The third-order valence-electron chi connectivity index (χ3n) is 11.2. The van der Waals surface area contributed by atoms with Crippen LogP contribution in [0.3, 0.4) is 0 Å². The van der Waals surface area contributed by atoms with Crippen LogP contribution in [0.15, 0.2) is 72.8 Å². The van der Waals surface area contributed by atoms with E-state index in [1.54, 1.807) is 12.1 Å². The van der Waals surface area contributed by atoms with Crippen LogP contribution in [0.4, 0.5) is 22.9 Å². The first-order valence-electron chi connectivity index (χ1n) is 20.7. The molecule has 0 spiro atoms. The number of hydrogen-bond donors (Lipinski definition) is 6. The van der Waals surface area contributed by atoms with Gasteiger partial charge in [0.15, 0.2) is 0 Å². The number of likely N-dealkylation sites (N-methyl/N-ethyl adjacent to an activating group) is 1. The van der Waals surface area contributed by atoms with E-state index in [1.165, 1.54) is 78.0 Å². The van der Waals surface area contributed by atoms with Crippen molar-refractivity contribution in [3.63, 3.8) is 0 Å². The number of hydrogen-bond acceptors (Lipinski definition) is 13. The van der Waals surface area contributed by atoms with Gasteiger partial charge in [-0.3, -0.25) is 9.59 Å². The Kier molecular flexibility index (Phi) is 16.2. The molecule has 6 aromatic rings.